The maximum absolute atomic E-state index is 13.7. The Morgan fingerprint density at radius 2 is 1.73 bits per heavy atom. The molecule has 0 unspecified atom stereocenters. The number of nitrogens with one attached hydrogen (secondary N) is 3. The summed E-state index contributed by atoms with van der Waals surface area (Å²) in [5.41, 5.74) is 1.53. The fourth-order valence-electron chi connectivity index (χ4n) is 2.23. The highest BCUT2D eigenvalue weighted by Gasteiger charge is 2.16. The number of para-hydroxylation sites is 1. The molecule has 0 aliphatic carbocycles. The average molecular weight is 318 g/mol. The van der Waals surface area contributed by atoms with Crippen LogP contribution in [0.5, 0.6) is 0 Å². The summed E-state index contributed by atoms with van der Waals surface area (Å²) in [6.07, 6.45) is 0. The number of quaternary nitrogens is 1. The van der Waals surface area contributed by atoms with Gasteiger partial charge in [-0.1, -0.05) is 42.5 Å². The van der Waals surface area contributed by atoms with Crippen molar-refractivity contribution in [2.45, 2.75) is 6.04 Å². The maximum Gasteiger partial charge on any atom is 0.171 e. The number of hydrogen-bond acceptors (Lipinski definition) is 1. The third kappa shape index (κ3) is 4.79. The molecule has 2 aromatic rings. The van der Waals surface area contributed by atoms with Crippen LogP contribution < -0.4 is 15.5 Å². The SMILES string of the molecule is C[NH+](C)C[C@@H](NC(=S)Nc1ccccc1F)c1ccccc1. The summed E-state index contributed by atoms with van der Waals surface area (Å²) in [6.45, 7) is 0.864. The fourth-order valence-corrected chi connectivity index (χ4v) is 2.48. The normalized spacial score (nSPS) is 12.0. The summed E-state index contributed by atoms with van der Waals surface area (Å²) in [7, 11) is 4.18. The number of halogens is 1. The van der Waals surface area contributed by atoms with Gasteiger partial charge < -0.3 is 15.5 Å². The van der Waals surface area contributed by atoms with Gasteiger partial charge in [0.1, 0.15) is 18.4 Å². The number of benzene rings is 2. The molecule has 2 aromatic carbocycles. The van der Waals surface area contributed by atoms with E-state index >= 15 is 0 Å². The van der Waals surface area contributed by atoms with Gasteiger partial charge in [0.05, 0.1) is 19.8 Å². The minimum atomic E-state index is -0.318. The molecule has 0 amide bonds. The van der Waals surface area contributed by atoms with Gasteiger partial charge in [0.2, 0.25) is 0 Å². The Balaban J connectivity index is 2.07. The molecule has 0 radical (unpaired) electrons. The van der Waals surface area contributed by atoms with Crippen LogP contribution in [0.15, 0.2) is 54.6 Å². The molecule has 0 heterocycles. The molecule has 0 bridgehead atoms. The average Bonchev–Trinajstić information content (AvgIpc) is 2.49. The van der Waals surface area contributed by atoms with E-state index in [1.807, 2.05) is 18.2 Å². The first-order chi connectivity index (χ1) is 10.6. The molecule has 0 aliphatic heterocycles. The van der Waals surface area contributed by atoms with Gasteiger partial charge in [0.25, 0.3) is 0 Å². The Morgan fingerprint density at radius 3 is 2.36 bits per heavy atom. The van der Waals surface area contributed by atoms with Crippen molar-refractivity contribution in [2.24, 2.45) is 0 Å². The Morgan fingerprint density at radius 1 is 1.09 bits per heavy atom. The molecule has 1 atom stereocenters. The Kier molecular flexibility index (Phi) is 5.86. The van der Waals surface area contributed by atoms with Gasteiger partial charge in [-0.2, -0.15) is 0 Å². The first-order valence-electron chi connectivity index (χ1n) is 7.22. The van der Waals surface area contributed by atoms with Crippen molar-refractivity contribution in [1.29, 1.82) is 0 Å². The summed E-state index contributed by atoms with van der Waals surface area (Å²) in [5.74, 6) is -0.318. The lowest BCUT2D eigenvalue weighted by molar-refractivity contribution is -0.860. The predicted molar refractivity (Wildman–Crippen MR) is 92.6 cm³/mol. The van der Waals surface area contributed by atoms with E-state index in [1.54, 1.807) is 18.2 Å². The Hall–Kier alpha value is -1.98. The van der Waals surface area contributed by atoms with Crippen LogP contribution in [0.4, 0.5) is 10.1 Å². The van der Waals surface area contributed by atoms with E-state index in [-0.39, 0.29) is 11.9 Å². The van der Waals surface area contributed by atoms with Gasteiger partial charge in [-0.15, -0.1) is 0 Å². The molecule has 116 valence electrons. The Bertz CT molecular complexity index is 616. The summed E-state index contributed by atoms with van der Waals surface area (Å²) in [4.78, 5) is 1.30. The highest BCUT2D eigenvalue weighted by Crippen LogP contribution is 2.14. The van der Waals surface area contributed by atoms with Gasteiger partial charge in [-0.25, -0.2) is 4.39 Å². The van der Waals surface area contributed by atoms with Crippen LogP contribution in [-0.2, 0) is 0 Å². The molecular weight excluding hydrogens is 297 g/mol. The molecule has 2 rings (SSSR count). The largest absolute Gasteiger partial charge is 0.350 e. The summed E-state index contributed by atoms with van der Waals surface area (Å²) < 4.78 is 13.7. The van der Waals surface area contributed by atoms with Crippen LogP contribution in [0.1, 0.15) is 11.6 Å². The third-order valence-corrected chi connectivity index (χ3v) is 3.46. The summed E-state index contributed by atoms with van der Waals surface area (Å²) in [5, 5.41) is 6.61. The molecule has 5 heteroatoms. The van der Waals surface area contributed by atoms with E-state index in [4.69, 9.17) is 12.2 Å². The lowest BCUT2D eigenvalue weighted by Crippen LogP contribution is -3.06. The second kappa shape index (κ2) is 7.87. The van der Waals surface area contributed by atoms with Crippen molar-refractivity contribution in [3.63, 3.8) is 0 Å². The van der Waals surface area contributed by atoms with Crippen molar-refractivity contribution >= 4 is 23.0 Å². The van der Waals surface area contributed by atoms with E-state index in [2.05, 4.69) is 36.9 Å². The van der Waals surface area contributed by atoms with Crippen LogP contribution in [-0.4, -0.2) is 25.8 Å². The second-order valence-electron chi connectivity index (χ2n) is 5.45. The number of thiocarbonyl (C=S) groups is 1. The smallest absolute Gasteiger partial charge is 0.171 e. The molecule has 22 heavy (non-hydrogen) atoms. The molecule has 0 fully saturated rings. The fraction of sp³-hybridized carbons (Fsp3) is 0.235. The first-order valence-corrected chi connectivity index (χ1v) is 7.63. The zero-order valence-corrected chi connectivity index (χ0v) is 13.6. The lowest BCUT2D eigenvalue weighted by Gasteiger charge is -2.22. The number of rotatable bonds is 5. The molecular formula is C17H21FN3S+. The van der Waals surface area contributed by atoms with Gasteiger partial charge >= 0.3 is 0 Å². The zero-order valence-electron chi connectivity index (χ0n) is 12.8. The van der Waals surface area contributed by atoms with Crippen LogP contribution in [0.3, 0.4) is 0 Å². The van der Waals surface area contributed by atoms with Gasteiger partial charge in [0.15, 0.2) is 5.11 Å². The minimum absolute atomic E-state index is 0.0676. The van der Waals surface area contributed by atoms with Crippen molar-refractivity contribution in [1.82, 2.24) is 5.32 Å². The standard InChI is InChI=1S/C17H20FN3S/c1-21(2)12-16(13-8-4-3-5-9-13)20-17(22)19-15-11-7-6-10-14(15)18/h3-11,16H,12H2,1-2H3,(H2,19,20,22)/p+1/t16-/m1/s1. The minimum Gasteiger partial charge on any atom is -0.350 e. The van der Waals surface area contributed by atoms with Gasteiger partial charge in [0, 0.05) is 0 Å². The third-order valence-electron chi connectivity index (χ3n) is 3.24. The van der Waals surface area contributed by atoms with Crippen molar-refractivity contribution in [3.05, 3.63) is 66.0 Å². The molecule has 3 nitrogen and oxygen atoms in total. The van der Waals surface area contributed by atoms with Gasteiger partial charge in [-0.3, -0.25) is 0 Å². The number of anilines is 1. The summed E-state index contributed by atoms with van der Waals surface area (Å²) >= 11 is 5.33. The van der Waals surface area contributed by atoms with E-state index < -0.39 is 0 Å². The Labute approximate surface area is 136 Å². The predicted octanol–water partition coefficient (Wildman–Crippen LogP) is 2.00. The monoisotopic (exact) mass is 318 g/mol. The van der Waals surface area contributed by atoms with Crippen molar-refractivity contribution in [2.75, 3.05) is 26.0 Å². The number of hydrogen-bond donors (Lipinski definition) is 3. The number of likely N-dealkylation sites (N-methyl/N-ethyl adjacent to an activating group) is 1. The first kappa shape index (κ1) is 16.4. The molecule has 0 aliphatic rings. The lowest BCUT2D eigenvalue weighted by atomic mass is 10.1. The summed E-state index contributed by atoms with van der Waals surface area (Å²) in [6, 6.07) is 16.7. The van der Waals surface area contributed by atoms with Crippen molar-refractivity contribution in [3.8, 4) is 0 Å². The molecule has 3 N–H and O–H groups in total. The molecule has 0 aromatic heterocycles. The molecule has 0 saturated carbocycles. The highest BCUT2D eigenvalue weighted by atomic mass is 32.1. The van der Waals surface area contributed by atoms with Crippen molar-refractivity contribution < 1.29 is 9.29 Å². The second-order valence-corrected chi connectivity index (χ2v) is 5.86. The maximum atomic E-state index is 13.7. The van der Waals surface area contributed by atoms with Crippen LogP contribution in [0.25, 0.3) is 0 Å². The van der Waals surface area contributed by atoms with E-state index in [0.29, 0.717) is 10.8 Å². The van der Waals surface area contributed by atoms with Crippen LogP contribution >= 0.6 is 12.2 Å². The molecule has 0 saturated heterocycles. The molecule has 0 spiro atoms. The van der Waals surface area contributed by atoms with Crippen LogP contribution in [0.2, 0.25) is 0 Å². The highest BCUT2D eigenvalue weighted by molar-refractivity contribution is 7.80. The van der Waals surface area contributed by atoms with Crippen LogP contribution in [0, 0.1) is 5.82 Å². The topological polar surface area (TPSA) is 28.5 Å². The quantitative estimate of drug-likeness (QED) is 0.737. The van der Waals surface area contributed by atoms with E-state index in [1.165, 1.54) is 11.0 Å². The van der Waals surface area contributed by atoms with E-state index in [9.17, 15) is 4.39 Å². The van der Waals surface area contributed by atoms with Gasteiger partial charge in [-0.05, 0) is 29.9 Å². The van der Waals surface area contributed by atoms with E-state index in [0.717, 1.165) is 12.1 Å². The zero-order chi connectivity index (χ0) is 15.9.